The van der Waals surface area contributed by atoms with Crippen LogP contribution in [0.5, 0.6) is 5.75 Å². The predicted octanol–water partition coefficient (Wildman–Crippen LogP) is 1.83. The van der Waals surface area contributed by atoms with Crippen LogP contribution in [0.2, 0.25) is 0 Å². The Morgan fingerprint density at radius 2 is 1.76 bits per heavy atom. The van der Waals surface area contributed by atoms with Crippen LogP contribution in [0.25, 0.3) is 0 Å². The maximum atomic E-state index is 13.1. The van der Waals surface area contributed by atoms with E-state index in [1.165, 1.54) is 5.56 Å². The smallest absolute Gasteiger partial charge is 0.241 e. The molecule has 1 saturated heterocycles. The lowest BCUT2D eigenvalue weighted by Crippen LogP contribution is -2.48. The molecule has 2 aromatic carbocycles. The first-order valence-electron chi connectivity index (χ1n) is 10.00. The van der Waals surface area contributed by atoms with Crippen LogP contribution in [-0.2, 0) is 21.1 Å². The molecule has 2 aliphatic heterocycles. The zero-order chi connectivity index (χ0) is 20.3. The van der Waals surface area contributed by atoms with Gasteiger partial charge in [0.1, 0.15) is 11.8 Å². The van der Waals surface area contributed by atoms with Crippen molar-refractivity contribution in [3.8, 4) is 5.75 Å². The lowest BCUT2D eigenvalue weighted by Gasteiger charge is -2.34. The Morgan fingerprint density at radius 1 is 1.07 bits per heavy atom. The second kappa shape index (κ2) is 8.55. The van der Waals surface area contributed by atoms with Crippen LogP contribution in [0.15, 0.2) is 54.6 Å². The van der Waals surface area contributed by atoms with E-state index in [1.54, 1.807) is 0 Å². The molecule has 0 aromatic heterocycles. The highest BCUT2D eigenvalue weighted by molar-refractivity contribution is 7.91. The van der Waals surface area contributed by atoms with E-state index in [4.69, 9.17) is 4.74 Å². The molecule has 2 aromatic rings. The van der Waals surface area contributed by atoms with Crippen molar-refractivity contribution in [2.75, 3.05) is 37.7 Å². The van der Waals surface area contributed by atoms with Gasteiger partial charge in [0.2, 0.25) is 5.91 Å². The Morgan fingerprint density at radius 3 is 2.52 bits per heavy atom. The molecule has 1 N–H and O–H groups in total. The number of carbonyl (C=O) groups is 1. The Labute approximate surface area is 171 Å². The first-order valence-corrected chi connectivity index (χ1v) is 11.8. The summed E-state index contributed by atoms with van der Waals surface area (Å²) < 4.78 is 29.5. The first-order chi connectivity index (χ1) is 14.0. The summed E-state index contributed by atoms with van der Waals surface area (Å²) in [6, 6.07) is 17.1. The highest BCUT2D eigenvalue weighted by Gasteiger charge is 2.33. The number of fused-ring (bicyclic) bond motifs is 1. The summed E-state index contributed by atoms with van der Waals surface area (Å²) in [6.07, 6.45) is 0.869. The van der Waals surface area contributed by atoms with Crippen molar-refractivity contribution in [3.63, 3.8) is 0 Å². The van der Waals surface area contributed by atoms with Crippen LogP contribution in [0.3, 0.4) is 0 Å². The van der Waals surface area contributed by atoms with Gasteiger partial charge < -0.3 is 10.1 Å². The van der Waals surface area contributed by atoms with Crippen LogP contribution in [0.1, 0.15) is 17.2 Å². The van der Waals surface area contributed by atoms with Crippen molar-refractivity contribution >= 4 is 15.7 Å². The van der Waals surface area contributed by atoms with Gasteiger partial charge in [-0.15, -0.1) is 0 Å². The average molecular weight is 415 g/mol. The largest absolute Gasteiger partial charge is 0.493 e. The zero-order valence-corrected chi connectivity index (χ0v) is 17.1. The van der Waals surface area contributed by atoms with E-state index in [0.717, 1.165) is 17.7 Å². The summed E-state index contributed by atoms with van der Waals surface area (Å²) in [5, 5.41) is 3.09. The molecule has 0 saturated carbocycles. The summed E-state index contributed by atoms with van der Waals surface area (Å²) >= 11 is 0. The van der Waals surface area contributed by atoms with E-state index in [9.17, 15) is 13.2 Å². The van der Waals surface area contributed by atoms with E-state index in [2.05, 4.69) is 11.4 Å². The number of sulfone groups is 1. The summed E-state index contributed by atoms with van der Waals surface area (Å²) in [6.45, 7) is 1.85. The number of hydrogen-bond donors (Lipinski definition) is 1. The second-order valence-corrected chi connectivity index (χ2v) is 10.0. The number of rotatable bonds is 5. The van der Waals surface area contributed by atoms with Gasteiger partial charge in [0.25, 0.3) is 0 Å². The Bertz CT molecular complexity index is 948. The minimum atomic E-state index is -3.00. The molecular weight excluding hydrogens is 388 g/mol. The maximum Gasteiger partial charge on any atom is 0.241 e. The molecule has 2 unspecified atom stereocenters. The molecule has 29 heavy (non-hydrogen) atoms. The lowest BCUT2D eigenvalue weighted by atomic mass is 9.96. The Hall–Kier alpha value is -2.38. The standard InChI is InChI=1S/C22H26N2O4S/c25-22(23-15-17-14-19-8-4-5-9-20(19)28-16-17)21(18-6-2-1-3-7-18)24-10-12-29(26,27)13-11-24/h1-9,17,21H,10-16H2,(H,23,25). The molecule has 2 atom stereocenters. The third-order valence-corrected chi connectivity index (χ3v) is 7.24. The molecule has 6 nitrogen and oxygen atoms in total. The van der Waals surface area contributed by atoms with Gasteiger partial charge in [-0.1, -0.05) is 48.5 Å². The number of carbonyl (C=O) groups excluding carboxylic acids is 1. The quantitative estimate of drug-likeness (QED) is 0.808. The molecule has 7 heteroatoms. The van der Waals surface area contributed by atoms with Gasteiger partial charge >= 0.3 is 0 Å². The van der Waals surface area contributed by atoms with Gasteiger partial charge in [0.05, 0.1) is 18.1 Å². The van der Waals surface area contributed by atoms with Crippen molar-refractivity contribution in [1.29, 1.82) is 0 Å². The van der Waals surface area contributed by atoms with Gasteiger partial charge in [-0.25, -0.2) is 8.42 Å². The van der Waals surface area contributed by atoms with Gasteiger partial charge in [0.15, 0.2) is 9.84 Å². The molecule has 0 aliphatic carbocycles. The molecule has 1 amide bonds. The number of benzene rings is 2. The summed E-state index contributed by atoms with van der Waals surface area (Å²) in [5.74, 6) is 1.24. The average Bonchev–Trinajstić information content (AvgIpc) is 2.74. The molecule has 154 valence electrons. The highest BCUT2D eigenvalue weighted by Crippen LogP contribution is 2.27. The van der Waals surface area contributed by atoms with Crippen LogP contribution < -0.4 is 10.1 Å². The second-order valence-electron chi connectivity index (χ2n) is 7.74. The SMILES string of the molecule is O=C(NCC1COc2ccccc2C1)C(c1ccccc1)N1CCS(=O)(=O)CC1. The molecule has 2 aliphatic rings. The Balaban J connectivity index is 1.43. The zero-order valence-electron chi connectivity index (χ0n) is 16.3. The van der Waals surface area contributed by atoms with Crippen LogP contribution >= 0.6 is 0 Å². The van der Waals surface area contributed by atoms with Gasteiger partial charge in [0, 0.05) is 25.6 Å². The van der Waals surface area contributed by atoms with Crippen molar-refractivity contribution < 1.29 is 17.9 Å². The topological polar surface area (TPSA) is 75.7 Å². The molecule has 0 spiro atoms. The number of ether oxygens (including phenoxy) is 1. The first kappa shape index (κ1) is 19.9. The number of amides is 1. The minimum Gasteiger partial charge on any atom is -0.493 e. The van der Waals surface area contributed by atoms with Crippen molar-refractivity contribution in [3.05, 3.63) is 65.7 Å². The summed E-state index contributed by atoms with van der Waals surface area (Å²) in [5.41, 5.74) is 2.05. The fraction of sp³-hybridized carbons (Fsp3) is 0.409. The van der Waals surface area contributed by atoms with Crippen LogP contribution in [-0.4, -0.2) is 57.0 Å². The van der Waals surface area contributed by atoms with Gasteiger partial charge in [-0.2, -0.15) is 0 Å². The van der Waals surface area contributed by atoms with E-state index >= 15 is 0 Å². The van der Waals surface area contributed by atoms with Crippen molar-refractivity contribution in [2.24, 2.45) is 5.92 Å². The van der Waals surface area contributed by atoms with E-state index in [1.807, 2.05) is 53.4 Å². The fourth-order valence-electron chi connectivity index (χ4n) is 4.01. The highest BCUT2D eigenvalue weighted by atomic mass is 32.2. The van der Waals surface area contributed by atoms with Gasteiger partial charge in [-0.05, 0) is 23.6 Å². The number of hydrogen-bond acceptors (Lipinski definition) is 5. The van der Waals surface area contributed by atoms with Crippen molar-refractivity contribution in [2.45, 2.75) is 12.5 Å². The molecule has 1 fully saturated rings. The Kier molecular flexibility index (Phi) is 5.87. The summed E-state index contributed by atoms with van der Waals surface area (Å²) in [4.78, 5) is 15.1. The minimum absolute atomic E-state index is 0.0886. The molecule has 4 rings (SSSR count). The van der Waals surface area contributed by atoms with Gasteiger partial charge in [-0.3, -0.25) is 9.69 Å². The van der Waals surface area contributed by atoms with E-state index in [0.29, 0.717) is 26.2 Å². The van der Waals surface area contributed by atoms with Crippen LogP contribution in [0.4, 0.5) is 0 Å². The number of nitrogens with one attached hydrogen (secondary N) is 1. The molecule has 2 heterocycles. The normalized spacial score (nSPS) is 22.1. The number of para-hydroxylation sites is 1. The summed E-state index contributed by atoms with van der Waals surface area (Å²) in [7, 11) is -3.00. The molecule has 0 bridgehead atoms. The fourth-order valence-corrected chi connectivity index (χ4v) is 5.24. The molecule has 0 radical (unpaired) electrons. The lowest BCUT2D eigenvalue weighted by molar-refractivity contribution is -0.126. The predicted molar refractivity (Wildman–Crippen MR) is 112 cm³/mol. The van der Waals surface area contributed by atoms with E-state index in [-0.39, 0.29) is 23.3 Å². The number of nitrogens with zero attached hydrogens (tertiary/aromatic N) is 1. The molecular formula is C22H26N2O4S. The monoisotopic (exact) mass is 414 g/mol. The maximum absolute atomic E-state index is 13.1. The van der Waals surface area contributed by atoms with Crippen molar-refractivity contribution in [1.82, 2.24) is 10.2 Å². The third kappa shape index (κ3) is 4.79. The van der Waals surface area contributed by atoms with E-state index < -0.39 is 15.9 Å². The third-order valence-electron chi connectivity index (χ3n) is 5.63. The van der Waals surface area contributed by atoms with Crippen LogP contribution in [0, 0.1) is 5.92 Å².